The lowest BCUT2D eigenvalue weighted by atomic mass is 9.96. The zero-order valence-electron chi connectivity index (χ0n) is 14.9. The van der Waals surface area contributed by atoms with Gasteiger partial charge in [0.15, 0.2) is 0 Å². The van der Waals surface area contributed by atoms with E-state index in [2.05, 4.69) is 38.5 Å². The number of piperidine rings is 1. The summed E-state index contributed by atoms with van der Waals surface area (Å²) in [5.74, 6) is 1.83. The van der Waals surface area contributed by atoms with E-state index in [9.17, 15) is 4.79 Å². The number of carbonyl (C=O) groups is 1. The first kappa shape index (κ1) is 17.1. The van der Waals surface area contributed by atoms with E-state index >= 15 is 0 Å². The van der Waals surface area contributed by atoms with Gasteiger partial charge >= 0.3 is 0 Å². The molecule has 0 aliphatic carbocycles. The summed E-state index contributed by atoms with van der Waals surface area (Å²) in [6.07, 6.45) is 5.54. The van der Waals surface area contributed by atoms with Crippen LogP contribution in [0.1, 0.15) is 26.7 Å². The van der Waals surface area contributed by atoms with E-state index in [0.29, 0.717) is 11.8 Å². The average Bonchev–Trinajstić information content (AvgIpc) is 2.62. The van der Waals surface area contributed by atoms with Crippen molar-refractivity contribution in [2.24, 2.45) is 11.8 Å². The predicted octanol–water partition coefficient (Wildman–Crippen LogP) is 1.49. The highest BCUT2D eigenvalue weighted by atomic mass is 16.2. The fraction of sp³-hybridized carbons (Fsp3) is 0.722. The molecule has 3 rings (SSSR count). The van der Waals surface area contributed by atoms with E-state index < -0.39 is 0 Å². The average molecular weight is 331 g/mol. The molecule has 2 saturated heterocycles. The molecule has 0 bridgehead atoms. The van der Waals surface area contributed by atoms with Crippen LogP contribution in [0.4, 0.5) is 5.95 Å². The molecule has 0 spiro atoms. The molecule has 1 amide bonds. The van der Waals surface area contributed by atoms with Crippen LogP contribution in [-0.2, 0) is 4.79 Å². The molecule has 3 heterocycles. The summed E-state index contributed by atoms with van der Waals surface area (Å²) in [5.41, 5.74) is 0. The second-order valence-corrected chi connectivity index (χ2v) is 7.35. The van der Waals surface area contributed by atoms with Crippen molar-refractivity contribution in [3.63, 3.8) is 0 Å². The van der Waals surface area contributed by atoms with Gasteiger partial charge in [-0.2, -0.15) is 0 Å². The standard InChI is InChI=1S/C18H29N5O/c1-15(2)13-21-9-11-22(12-10-21)17(24)16-5-3-8-23(14-16)18-19-6-4-7-20-18/h4,6-7,15-16H,3,5,8-14H2,1-2H3. The number of anilines is 1. The predicted molar refractivity (Wildman–Crippen MR) is 94.8 cm³/mol. The zero-order valence-corrected chi connectivity index (χ0v) is 14.9. The van der Waals surface area contributed by atoms with Crippen LogP contribution in [0.2, 0.25) is 0 Å². The normalized spacial score (nSPS) is 22.9. The highest BCUT2D eigenvalue weighted by Gasteiger charge is 2.31. The van der Waals surface area contributed by atoms with Gasteiger partial charge in [0.2, 0.25) is 11.9 Å². The fourth-order valence-electron chi connectivity index (χ4n) is 3.74. The topological polar surface area (TPSA) is 52.6 Å². The van der Waals surface area contributed by atoms with Crippen molar-refractivity contribution in [3.05, 3.63) is 18.5 Å². The van der Waals surface area contributed by atoms with Gasteiger partial charge in [-0.25, -0.2) is 9.97 Å². The summed E-state index contributed by atoms with van der Waals surface area (Å²) in [6, 6.07) is 1.83. The summed E-state index contributed by atoms with van der Waals surface area (Å²) in [6.45, 7) is 11.0. The van der Waals surface area contributed by atoms with Crippen LogP contribution in [-0.4, -0.2) is 71.5 Å². The van der Waals surface area contributed by atoms with Crippen LogP contribution in [0.25, 0.3) is 0 Å². The third kappa shape index (κ3) is 4.23. The van der Waals surface area contributed by atoms with Gasteiger partial charge < -0.3 is 9.80 Å². The first-order valence-corrected chi connectivity index (χ1v) is 9.16. The van der Waals surface area contributed by atoms with Gasteiger partial charge in [0.1, 0.15) is 0 Å². The number of nitrogens with zero attached hydrogens (tertiary/aromatic N) is 5. The van der Waals surface area contributed by atoms with E-state index in [0.717, 1.165) is 64.6 Å². The maximum atomic E-state index is 12.9. The van der Waals surface area contributed by atoms with Crippen molar-refractivity contribution < 1.29 is 4.79 Å². The largest absolute Gasteiger partial charge is 0.340 e. The minimum Gasteiger partial charge on any atom is -0.340 e. The Labute approximate surface area is 144 Å². The molecule has 1 aromatic heterocycles. The first-order chi connectivity index (χ1) is 11.6. The highest BCUT2D eigenvalue weighted by Crippen LogP contribution is 2.22. The summed E-state index contributed by atoms with van der Waals surface area (Å²) in [7, 11) is 0. The van der Waals surface area contributed by atoms with Crippen LogP contribution in [0.3, 0.4) is 0 Å². The number of hydrogen-bond acceptors (Lipinski definition) is 5. The van der Waals surface area contributed by atoms with Crippen molar-refractivity contribution in [3.8, 4) is 0 Å². The van der Waals surface area contributed by atoms with Crippen molar-refractivity contribution in [1.29, 1.82) is 0 Å². The number of carbonyl (C=O) groups excluding carboxylic acids is 1. The minimum absolute atomic E-state index is 0.0826. The summed E-state index contributed by atoms with van der Waals surface area (Å²) >= 11 is 0. The summed E-state index contributed by atoms with van der Waals surface area (Å²) in [5, 5.41) is 0. The molecule has 132 valence electrons. The second-order valence-electron chi connectivity index (χ2n) is 7.35. The monoisotopic (exact) mass is 331 g/mol. The SMILES string of the molecule is CC(C)CN1CCN(C(=O)C2CCCN(c3ncccn3)C2)CC1. The Bertz CT molecular complexity index is 527. The Morgan fingerprint density at radius 1 is 1.17 bits per heavy atom. The van der Waals surface area contributed by atoms with Gasteiger partial charge in [0.25, 0.3) is 0 Å². The van der Waals surface area contributed by atoms with Crippen LogP contribution in [0, 0.1) is 11.8 Å². The molecule has 24 heavy (non-hydrogen) atoms. The molecule has 6 heteroatoms. The fourth-order valence-corrected chi connectivity index (χ4v) is 3.74. The maximum Gasteiger partial charge on any atom is 0.227 e. The van der Waals surface area contributed by atoms with E-state index in [1.807, 2.05) is 6.07 Å². The third-order valence-electron chi connectivity index (χ3n) is 4.91. The number of aromatic nitrogens is 2. The number of hydrogen-bond donors (Lipinski definition) is 0. The quantitative estimate of drug-likeness (QED) is 0.837. The Morgan fingerprint density at radius 3 is 2.54 bits per heavy atom. The Hall–Kier alpha value is -1.69. The Kier molecular flexibility index (Phi) is 5.66. The van der Waals surface area contributed by atoms with Crippen molar-refractivity contribution in [2.75, 3.05) is 50.7 Å². The molecule has 0 saturated carbocycles. The molecule has 6 nitrogen and oxygen atoms in total. The van der Waals surface area contributed by atoms with E-state index in [4.69, 9.17) is 0 Å². The van der Waals surface area contributed by atoms with Crippen LogP contribution in [0.5, 0.6) is 0 Å². The second kappa shape index (κ2) is 7.92. The van der Waals surface area contributed by atoms with Crippen molar-refractivity contribution >= 4 is 11.9 Å². The van der Waals surface area contributed by atoms with Crippen LogP contribution >= 0.6 is 0 Å². The molecular weight excluding hydrogens is 302 g/mol. The summed E-state index contributed by atoms with van der Waals surface area (Å²) in [4.78, 5) is 28.2. The van der Waals surface area contributed by atoms with Crippen molar-refractivity contribution in [1.82, 2.24) is 19.8 Å². The smallest absolute Gasteiger partial charge is 0.227 e. The van der Waals surface area contributed by atoms with E-state index in [1.54, 1.807) is 12.4 Å². The lowest BCUT2D eigenvalue weighted by Crippen LogP contribution is -2.53. The molecule has 1 atom stereocenters. The molecule has 0 radical (unpaired) electrons. The van der Waals surface area contributed by atoms with Gasteiger partial charge in [-0.15, -0.1) is 0 Å². The lowest BCUT2D eigenvalue weighted by Gasteiger charge is -2.39. The molecule has 1 unspecified atom stereocenters. The molecule has 0 aromatic carbocycles. The molecule has 2 aliphatic rings. The zero-order chi connectivity index (χ0) is 16.9. The molecule has 1 aromatic rings. The van der Waals surface area contributed by atoms with Gasteiger partial charge in [-0.1, -0.05) is 13.8 Å². The molecular formula is C18H29N5O. The van der Waals surface area contributed by atoms with E-state index in [1.165, 1.54) is 0 Å². The Morgan fingerprint density at radius 2 is 1.88 bits per heavy atom. The first-order valence-electron chi connectivity index (χ1n) is 9.16. The van der Waals surface area contributed by atoms with Crippen LogP contribution < -0.4 is 4.90 Å². The highest BCUT2D eigenvalue weighted by molar-refractivity contribution is 5.79. The van der Waals surface area contributed by atoms with Crippen LogP contribution in [0.15, 0.2) is 18.5 Å². The van der Waals surface area contributed by atoms with Gasteiger partial charge in [0, 0.05) is 58.2 Å². The maximum absolute atomic E-state index is 12.9. The molecule has 2 fully saturated rings. The van der Waals surface area contributed by atoms with Gasteiger partial charge in [-0.05, 0) is 24.8 Å². The molecule has 0 N–H and O–H groups in total. The van der Waals surface area contributed by atoms with E-state index in [-0.39, 0.29) is 5.92 Å². The minimum atomic E-state index is 0.0826. The third-order valence-corrected chi connectivity index (χ3v) is 4.91. The van der Waals surface area contributed by atoms with Gasteiger partial charge in [-0.3, -0.25) is 9.69 Å². The van der Waals surface area contributed by atoms with Gasteiger partial charge in [0.05, 0.1) is 5.92 Å². The summed E-state index contributed by atoms with van der Waals surface area (Å²) < 4.78 is 0. The number of rotatable bonds is 4. The number of piperazine rings is 1. The number of amides is 1. The molecule has 2 aliphatic heterocycles. The lowest BCUT2D eigenvalue weighted by molar-refractivity contribution is -0.137. The Balaban J connectivity index is 1.54. The van der Waals surface area contributed by atoms with Crippen molar-refractivity contribution in [2.45, 2.75) is 26.7 Å².